The van der Waals surface area contributed by atoms with Gasteiger partial charge in [0.25, 0.3) is 0 Å². The van der Waals surface area contributed by atoms with Crippen molar-refractivity contribution in [1.82, 2.24) is 20.9 Å². The average molecular weight is 489 g/mol. The number of hydrogen-bond acceptors (Lipinski definition) is 4. The van der Waals surface area contributed by atoms with Crippen LogP contribution in [0.15, 0.2) is 29.3 Å². The minimum atomic E-state index is -0.340. The van der Waals surface area contributed by atoms with Gasteiger partial charge in [-0.15, -0.1) is 24.0 Å². The van der Waals surface area contributed by atoms with Gasteiger partial charge in [-0.1, -0.05) is 19.1 Å². The van der Waals surface area contributed by atoms with E-state index in [-0.39, 0.29) is 42.5 Å². The molecule has 0 bridgehead atoms. The first-order chi connectivity index (χ1) is 12.5. The van der Waals surface area contributed by atoms with Crippen molar-refractivity contribution in [3.05, 3.63) is 29.8 Å². The van der Waals surface area contributed by atoms with Crippen LogP contribution in [0.2, 0.25) is 0 Å². The molecule has 27 heavy (non-hydrogen) atoms. The van der Waals surface area contributed by atoms with Crippen LogP contribution >= 0.6 is 24.0 Å². The summed E-state index contributed by atoms with van der Waals surface area (Å²) in [5.74, 6) is 1.71. The van der Waals surface area contributed by atoms with Crippen LogP contribution in [0.4, 0.5) is 4.79 Å². The largest absolute Gasteiger partial charge is 0.497 e. The van der Waals surface area contributed by atoms with E-state index in [4.69, 9.17) is 4.74 Å². The SMILES string of the molecule is CN=C(NCCC(C)c1ccc(OC)cc1)NCCN1C(=O)CNC1=O.I. The van der Waals surface area contributed by atoms with E-state index in [1.54, 1.807) is 14.2 Å². The molecule has 8 nitrogen and oxygen atoms in total. The van der Waals surface area contributed by atoms with E-state index in [0.29, 0.717) is 25.0 Å². The van der Waals surface area contributed by atoms with Crippen LogP contribution in [0.3, 0.4) is 0 Å². The lowest BCUT2D eigenvalue weighted by Crippen LogP contribution is -2.43. The van der Waals surface area contributed by atoms with Crippen LogP contribution in [-0.2, 0) is 4.79 Å². The molecule has 0 aromatic heterocycles. The Hall–Kier alpha value is -2.04. The van der Waals surface area contributed by atoms with Crippen LogP contribution in [0.1, 0.15) is 24.8 Å². The van der Waals surface area contributed by atoms with Gasteiger partial charge in [-0.25, -0.2) is 4.79 Å². The number of carbonyl (C=O) groups excluding carboxylic acids is 2. The summed E-state index contributed by atoms with van der Waals surface area (Å²) >= 11 is 0. The Bertz CT molecular complexity index is 635. The molecule has 9 heteroatoms. The molecule has 1 heterocycles. The van der Waals surface area contributed by atoms with Crippen LogP contribution in [0, 0.1) is 0 Å². The number of nitrogens with zero attached hydrogens (tertiary/aromatic N) is 2. The van der Waals surface area contributed by atoms with Crippen LogP contribution in [-0.4, -0.2) is 63.1 Å². The van der Waals surface area contributed by atoms with Crippen molar-refractivity contribution in [1.29, 1.82) is 0 Å². The Kier molecular flexibility index (Phi) is 9.90. The molecule has 1 atom stereocenters. The number of amides is 3. The maximum atomic E-state index is 11.5. The first-order valence-corrected chi connectivity index (χ1v) is 8.71. The number of ether oxygens (including phenoxy) is 1. The molecule has 0 aliphatic carbocycles. The Labute approximate surface area is 177 Å². The maximum Gasteiger partial charge on any atom is 0.324 e. The number of rotatable bonds is 8. The number of halogens is 1. The molecule has 0 radical (unpaired) electrons. The van der Waals surface area contributed by atoms with Gasteiger partial charge in [0.05, 0.1) is 13.7 Å². The predicted octanol–water partition coefficient (Wildman–Crippen LogP) is 1.52. The zero-order valence-corrected chi connectivity index (χ0v) is 18.3. The number of nitrogens with one attached hydrogen (secondary N) is 3. The lowest BCUT2D eigenvalue weighted by atomic mass is 9.98. The molecule has 1 aromatic rings. The van der Waals surface area contributed by atoms with Gasteiger partial charge in [0.1, 0.15) is 5.75 Å². The van der Waals surface area contributed by atoms with Crippen molar-refractivity contribution in [2.75, 3.05) is 40.3 Å². The highest BCUT2D eigenvalue weighted by Crippen LogP contribution is 2.21. The number of urea groups is 1. The lowest BCUT2D eigenvalue weighted by Gasteiger charge is -2.17. The standard InChI is InChI=1S/C18H27N5O3.HI/c1-13(14-4-6-15(26-3)7-5-14)8-9-20-17(19-2)21-10-11-23-16(24)12-22-18(23)25;/h4-7,13H,8-12H2,1-3H3,(H,22,25)(H2,19,20,21);1H. The first-order valence-electron chi connectivity index (χ1n) is 8.71. The molecule has 3 N–H and O–H groups in total. The summed E-state index contributed by atoms with van der Waals surface area (Å²) in [6, 6.07) is 7.75. The summed E-state index contributed by atoms with van der Waals surface area (Å²) in [4.78, 5) is 28.3. The Morgan fingerprint density at radius 1 is 1.26 bits per heavy atom. The van der Waals surface area contributed by atoms with Gasteiger partial charge < -0.3 is 20.7 Å². The maximum absolute atomic E-state index is 11.5. The topological polar surface area (TPSA) is 95.1 Å². The molecular formula is C18H28IN5O3. The van der Waals surface area contributed by atoms with E-state index >= 15 is 0 Å². The molecule has 150 valence electrons. The zero-order chi connectivity index (χ0) is 18.9. The molecule has 1 aliphatic rings. The van der Waals surface area contributed by atoms with Crippen molar-refractivity contribution in [3.63, 3.8) is 0 Å². The third-order valence-corrected chi connectivity index (χ3v) is 4.34. The van der Waals surface area contributed by atoms with Crippen molar-refractivity contribution in [3.8, 4) is 5.75 Å². The van der Waals surface area contributed by atoms with Crippen molar-refractivity contribution in [2.45, 2.75) is 19.3 Å². The summed E-state index contributed by atoms with van der Waals surface area (Å²) in [5.41, 5.74) is 1.26. The van der Waals surface area contributed by atoms with Crippen LogP contribution < -0.4 is 20.7 Å². The molecule has 1 aromatic carbocycles. The highest BCUT2D eigenvalue weighted by atomic mass is 127. The van der Waals surface area contributed by atoms with Gasteiger partial charge in [-0.05, 0) is 30.0 Å². The van der Waals surface area contributed by atoms with E-state index in [1.807, 2.05) is 12.1 Å². The van der Waals surface area contributed by atoms with Gasteiger partial charge >= 0.3 is 6.03 Å². The van der Waals surface area contributed by atoms with Gasteiger partial charge in [-0.3, -0.25) is 14.7 Å². The molecule has 1 saturated heterocycles. The molecule has 1 unspecified atom stereocenters. The predicted molar refractivity (Wildman–Crippen MR) is 116 cm³/mol. The summed E-state index contributed by atoms with van der Waals surface area (Å²) in [7, 11) is 3.35. The number of carbonyl (C=O) groups is 2. The Balaban J connectivity index is 0.00000364. The molecule has 3 amide bonds. The molecule has 2 rings (SSSR count). The summed E-state index contributed by atoms with van der Waals surface area (Å²) in [6.07, 6.45) is 0.944. The number of imide groups is 1. The summed E-state index contributed by atoms with van der Waals surface area (Å²) in [5, 5.41) is 8.86. The zero-order valence-electron chi connectivity index (χ0n) is 15.9. The van der Waals surface area contributed by atoms with E-state index in [1.165, 1.54) is 10.5 Å². The molecule has 0 saturated carbocycles. The first kappa shape index (κ1) is 23.0. The van der Waals surface area contributed by atoms with E-state index < -0.39 is 0 Å². The van der Waals surface area contributed by atoms with Gasteiger partial charge in [0, 0.05) is 26.7 Å². The average Bonchev–Trinajstić information content (AvgIpc) is 2.98. The Morgan fingerprint density at radius 3 is 2.48 bits per heavy atom. The van der Waals surface area contributed by atoms with Crippen molar-refractivity contribution >= 4 is 41.9 Å². The molecule has 0 spiro atoms. The quantitative estimate of drug-likeness (QED) is 0.223. The van der Waals surface area contributed by atoms with E-state index in [9.17, 15) is 9.59 Å². The fraction of sp³-hybridized carbons (Fsp3) is 0.500. The number of benzene rings is 1. The number of hydrogen-bond donors (Lipinski definition) is 3. The fourth-order valence-electron chi connectivity index (χ4n) is 2.69. The smallest absolute Gasteiger partial charge is 0.324 e. The lowest BCUT2D eigenvalue weighted by molar-refractivity contribution is -0.124. The fourth-order valence-corrected chi connectivity index (χ4v) is 2.69. The highest BCUT2D eigenvalue weighted by molar-refractivity contribution is 14.0. The monoisotopic (exact) mass is 489 g/mol. The van der Waals surface area contributed by atoms with Gasteiger partial charge in [0.2, 0.25) is 5.91 Å². The number of guanidine groups is 1. The van der Waals surface area contributed by atoms with Crippen molar-refractivity contribution < 1.29 is 14.3 Å². The number of methoxy groups -OCH3 is 1. The van der Waals surface area contributed by atoms with E-state index in [0.717, 1.165) is 18.7 Å². The van der Waals surface area contributed by atoms with Gasteiger partial charge in [0.15, 0.2) is 5.96 Å². The second-order valence-corrected chi connectivity index (χ2v) is 6.09. The van der Waals surface area contributed by atoms with Crippen LogP contribution in [0.5, 0.6) is 5.75 Å². The molecule has 1 fully saturated rings. The minimum absolute atomic E-state index is 0. The van der Waals surface area contributed by atoms with Gasteiger partial charge in [-0.2, -0.15) is 0 Å². The summed E-state index contributed by atoms with van der Waals surface area (Å²) < 4.78 is 5.18. The number of aliphatic imine (C=N–C) groups is 1. The third-order valence-electron chi connectivity index (χ3n) is 4.34. The second kappa shape index (κ2) is 11.6. The molecule has 1 aliphatic heterocycles. The van der Waals surface area contributed by atoms with E-state index in [2.05, 4.69) is 40.0 Å². The highest BCUT2D eigenvalue weighted by Gasteiger charge is 2.27. The van der Waals surface area contributed by atoms with Crippen molar-refractivity contribution in [2.24, 2.45) is 4.99 Å². The normalized spacial score (nSPS) is 15.1. The minimum Gasteiger partial charge on any atom is -0.497 e. The van der Waals surface area contributed by atoms with Crippen LogP contribution in [0.25, 0.3) is 0 Å². The molecular weight excluding hydrogens is 461 g/mol. The third kappa shape index (κ3) is 6.89. The second-order valence-electron chi connectivity index (χ2n) is 6.09. The Morgan fingerprint density at radius 2 is 1.93 bits per heavy atom. The summed E-state index contributed by atoms with van der Waals surface area (Å²) in [6.45, 7) is 3.78.